The maximum Gasteiger partial charge on any atom is 0.272 e. The number of nitrogens with zero attached hydrogens (tertiary/aromatic N) is 1. The fourth-order valence-electron chi connectivity index (χ4n) is 3.82. The van der Waals surface area contributed by atoms with Crippen LogP contribution in [0.5, 0.6) is 5.75 Å². The lowest BCUT2D eigenvalue weighted by molar-refractivity contribution is -0.114. The third kappa shape index (κ3) is 8.41. The lowest BCUT2D eigenvalue weighted by Crippen LogP contribution is -2.30. The molecule has 5 aromatic rings. The van der Waals surface area contributed by atoms with Crippen LogP contribution >= 0.6 is 34.4 Å². The molecule has 0 atom stereocenters. The lowest BCUT2D eigenvalue weighted by Gasteiger charge is -2.11. The third-order valence-electron chi connectivity index (χ3n) is 5.98. The number of thioether (sulfide) groups is 1. The summed E-state index contributed by atoms with van der Waals surface area (Å²) in [5.41, 5.74) is 2.85. The number of thiophene rings is 1. The molecule has 0 aliphatic heterocycles. The van der Waals surface area contributed by atoms with Gasteiger partial charge in [-0.2, -0.15) is 0 Å². The van der Waals surface area contributed by atoms with Crippen molar-refractivity contribution in [3.63, 3.8) is 0 Å². The van der Waals surface area contributed by atoms with Crippen LogP contribution in [0.3, 0.4) is 0 Å². The zero-order valence-corrected chi connectivity index (χ0v) is 25.4. The molecule has 0 fully saturated rings. The SMILES string of the molecule is COc1ccc(-c2csc(NC(=O)CSc3ccc(NC(=O)/C(=C/c4cccs4)NC(=O)c4ccccc4)cc3)n2)cc1. The van der Waals surface area contributed by atoms with E-state index in [2.05, 4.69) is 20.9 Å². The second kappa shape index (κ2) is 14.5. The monoisotopic (exact) mass is 626 g/mol. The van der Waals surface area contributed by atoms with Crippen molar-refractivity contribution in [1.82, 2.24) is 10.3 Å². The van der Waals surface area contributed by atoms with Gasteiger partial charge in [-0.3, -0.25) is 14.4 Å². The Balaban J connectivity index is 1.15. The van der Waals surface area contributed by atoms with Gasteiger partial charge < -0.3 is 20.7 Å². The number of carbonyl (C=O) groups excluding carboxylic acids is 3. The molecule has 0 radical (unpaired) electrons. The summed E-state index contributed by atoms with van der Waals surface area (Å²) in [6.45, 7) is 0. The van der Waals surface area contributed by atoms with Gasteiger partial charge in [-0.05, 0) is 78.2 Å². The minimum Gasteiger partial charge on any atom is -0.497 e. The lowest BCUT2D eigenvalue weighted by atomic mass is 10.2. The number of benzene rings is 3. The van der Waals surface area contributed by atoms with E-state index in [0.29, 0.717) is 16.4 Å². The first kappa shape index (κ1) is 29.8. The Morgan fingerprint density at radius 1 is 0.884 bits per heavy atom. The minimum atomic E-state index is -0.449. The molecule has 43 heavy (non-hydrogen) atoms. The second-order valence-electron chi connectivity index (χ2n) is 8.98. The van der Waals surface area contributed by atoms with Gasteiger partial charge >= 0.3 is 0 Å². The van der Waals surface area contributed by atoms with Crippen LogP contribution in [0.1, 0.15) is 15.2 Å². The average Bonchev–Trinajstić information content (AvgIpc) is 3.73. The third-order valence-corrected chi connectivity index (χ3v) is 8.57. The molecule has 0 unspecified atom stereocenters. The molecule has 11 heteroatoms. The number of carbonyl (C=O) groups is 3. The van der Waals surface area contributed by atoms with Crippen molar-refractivity contribution in [2.45, 2.75) is 4.90 Å². The van der Waals surface area contributed by atoms with E-state index in [1.165, 1.54) is 34.4 Å². The number of rotatable bonds is 11. The van der Waals surface area contributed by atoms with Crippen molar-refractivity contribution in [1.29, 1.82) is 0 Å². The van der Waals surface area contributed by atoms with E-state index in [1.807, 2.05) is 65.4 Å². The van der Waals surface area contributed by atoms with Gasteiger partial charge in [0.1, 0.15) is 11.4 Å². The number of nitrogens with one attached hydrogen (secondary N) is 3. The van der Waals surface area contributed by atoms with Gasteiger partial charge in [0.15, 0.2) is 5.13 Å². The topological polar surface area (TPSA) is 109 Å². The van der Waals surface area contributed by atoms with Crippen LogP contribution in [0, 0.1) is 0 Å². The molecular formula is C32H26N4O4S3. The predicted octanol–water partition coefficient (Wildman–Crippen LogP) is 7.02. The molecule has 0 bridgehead atoms. The van der Waals surface area contributed by atoms with Crippen molar-refractivity contribution < 1.29 is 19.1 Å². The summed E-state index contributed by atoms with van der Waals surface area (Å²) in [5, 5.41) is 12.7. The largest absolute Gasteiger partial charge is 0.497 e. The summed E-state index contributed by atoms with van der Waals surface area (Å²) in [7, 11) is 1.62. The van der Waals surface area contributed by atoms with Gasteiger partial charge in [0, 0.05) is 32.0 Å². The molecular weight excluding hydrogens is 601 g/mol. The molecule has 0 aliphatic rings. The number of hydrogen-bond acceptors (Lipinski definition) is 8. The van der Waals surface area contributed by atoms with E-state index in [9.17, 15) is 14.4 Å². The first-order valence-electron chi connectivity index (χ1n) is 13.0. The van der Waals surface area contributed by atoms with Crippen LogP contribution in [0.2, 0.25) is 0 Å². The maximum absolute atomic E-state index is 13.1. The summed E-state index contributed by atoms with van der Waals surface area (Å²) in [5.74, 6) is -0.0331. The van der Waals surface area contributed by atoms with Crippen molar-refractivity contribution in [3.8, 4) is 17.0 Å². The molecule has 2 aromatic heterocycles. The zero-order chi connectivity index (χ0) is 30.0. The Kier molecular flexibility index (Phi) is 10.0. The van der Waals surface area contributed by atoms with Gasteiger partial charge in [-0.15, -0.1) is 34.4 Å². The highest BCUT2D eigenvalue weighted by molar-refractivity contribution is 8.00. The number of amides is 3. The summed E-state index contributed by atoms with van der Waals surface area (Å²) in [6, 6.07) is 27.2. The summed E-state index contributed by atoms with van der Waals surface area (Å²) in [6.07, 6.45) is 1.64. The van der Waals surface area contributed by atoms with Crippen LogP contribution in [0.15, 0.2) is 112 Å². The van der Waals surface area contributed by atoms with E-state index in [1.54, 1.807) is 49.6 Å². The molecule has 0 aliphatic carbocycles. The Labute approximate surface area is 260 Å². The highest BCUT2D eigenvalue weighted by atomic mass is 32.2. The summed E-state index contributed by atoms with van der Waals surface area (Å²) >= 11 is 4.19. The number of ether oxygens (including phenoxy) is 1. The Morgan fingerprint density at radius 3 is 2.35 bits per heavy atom. The average molecular weight is 627 g/mol. The number of anilines is 2. The van der Waals surface area contributed by atoms with E-state index in [4.69, 9.17) is 4.74 Å². The maximum atomic E-state index is 13.1. The first-order chi connectivity index (χ1) is 21.0. The molecule has 3 N–H and O–H groups in total. The van der Waals surface area contributed by atoms with Crippen LogP contribution in [0.4, 0.5) is 10.8 Å². The molecule has 0 saturated carbocycles. The number of methoxy groups -OCH3 is 1. The van der Waals surface area contributed by atoms with Gasteiger partial charge in [0.25, 0.3) is 11.8 Å². The molecule has 3 aromatic carbocycles. The van der Waals surface area contributed by atoms with Crippen LogP contribution in [-0.2, 0) is 9.59 Å². The van der Waals surface area contributed by atoms with Crippen molar-refractivity contribution in [3.05, 3.63) is 118 Å². The highest BCUT2D eigenvalue weighted by Crippen LogP contribution is 2.27. The summed E-state index contributed by atoms with van der Waals surface area (Å²) in [4.78, 5) is 44.6. The van der Waals surface area contributed by atoms with E-state index < -0.39 is 5.91 Å². The highest BCUT2D eigenvalue weighted by Gasteiger charge is 2.16. The Morgan fingerprint density at radius 2 is 1.65 bits per heavy atom. The zero-order valence-electron chi connectivity index (χ0n) is 22.9. The van der Waals surface area contributed by atoms with Gasteiger partial charge in [-0.25, -0.2) is 4.98 Å². The molecule has 0 saturated heterocycles. The van der Waals surface area contributed by atoms with E-state index >= 15 is 0 Å². The molecule has 5 rings (SSSR count). The van der Waals surface area contributed by atoms with Gasteiger partial charge in [0.05, 0.1) is 18.6 Å². The van der Waals surface area contributed by atoms with Crippen molar-refractivity contribution in [2.75, 3.05) is 23.5 Å². The first-order valence-corrected chi connectivity index (χ1v) is 15.8. The second-order valence-corrected chi connectivity index (χ2v) is 11.9. The van der Waals surface area contributed by atoms with Crippen LogP contribution in [0.25, 0.3) is 17.3 Å². The Hall–Kier alpha value is -4.71. The molecule has 8 nitrogen and oxygen atoms in total. The molecule has 3 amide bonds. The standard InChI is InChI=1S/C32H26N4O4S3/c1-40-24-13-9-21(10-14-24)28-19-43-32(35-28)36-29(37)20-42-25-15-11-23(12-16-25)33-31(39)27(18-26-8-5-17-41-26)34-30(38)22-6-3-2-4-7-22/h2-19H,20H2,1H3,(H,33,39)(H,34,38)(H,35,36,37)/b27-18-. The molecule has 216 valence electrons. The quantitative estimate of drug-likeness (QED) is 0.107. The minimum absolute atomic E-state index is 0.128. The number of thiazole rings is 1. The molecule has 0 spiro atoms. The van der Waals surface area contributed by atoms with Crippen LogP contribution < -0.4 is 20.7 Å². The van der Waals surface area contributed by atoms with E-state index in [-0.39, 0.29) is 23.3 Å². The number of hydrogen-bond donors (Lipinski definition) is 3. The summed E-state index contributed by atoms with van der Waals surface area (Å²) < 4.78 is 5.19. The van der Waals surface area contributed by atoms with Crippen molar-refractivity contribution in [2.24, 2.45) is 0 Å². The fourth-order valence-corrected chi connectivity index (χ4v) is 5.91. The smallest absolute Gasteiger partial charge is 0.272 e. The van der Waals surface area contributed by atoms with Crippen molar-refractivity contribution >= 4 is 69.1 Å². The number of aromatic nitrogens is 1. The van der Waals surface area contributed by atoms with Gasteiger partial charge in [0.2, 0.25) is 5.91 Å². The molecule has 2 heterocycles. The predicted molar refractivity (Wildman–Crippen MR) is 175 cm³/mol. The normalized spacial score (nSPS) is 11.0. The fraction of sp³-hybridized carbons (Fsp3) is 0.0625. The van der Waals surface area contributed by atoms with Crippen LogP contribution in [-0.4, -0.2) is 35.6 Å². The van der Waals surface area contributed by atoms with E-state index in [0.717, 1.165) is 26.8 Å². The van der Waals surface area contributed by atoms with Gasteiger partial charge in [-0.1, -0.05) is 24.3 Å². The Bertz CT molecular complexity index is 1720.